The largest absolute Gasteiger partial charge is 0.466 e. The zero-order chi connectivity index (χ0) is 25.0. The zero-order valence-corrected chi connectivity index (χ0v) is 20.0. The van der Waals surface area contributed by atoms with Gasteiger partial charge in [-0.05, 0) is 34.6 Å². The molecule has 0 aromatic carbocycles. The first-order chi connectivity index (χ1) is 15.4. The summed E-state index contributed by atoms with van der Waals surface area (Å²) in [5.74, 6) is -4.08. The summed E-state index contributed by atoms with van der Waals surface area (Å²) in [6.07, 6.45) is -1.57. The van der Waals surface area contributed by atoms with Gasteiger partial charge in [-0.15, -0.1) is 0 Å². The van der Waals surface area contributed by atoms with Crippen molar-refractivity contribution in [2.45, 2.75) is 71.6 Å². The van der Waals surface area contributed by atoms with Crippen LogP contribution in [-0.2, 0) is 38.1 Å². The van der Waals surface area contributed by atoms with Crippen molar-refractivity contribution in [3.05, 3.63) is 0 Å². The van der Waals surface area contributed by atoms with Crippen LogP contribution in [0.5, 0.6) is 0 Å². The molecule has 186 valence electrons. The third-order valence-electron chi connectivity index (χ3n) is 5.50. The van der Waals surface area contributed by atoms with E-state index in [1.807, 2.05) is 0 Å². The third kappa shape index (κ3) is 6.35. The molecule has 11 heteroatoms. The van der Waals surface area contributed by atoms with Crippen LogP contribution in [-0.4, -0.2) is 66.9 Å². The highest BCUT2D eigenvalue weighted by Crippen LogP contribution is 2.64. The second kappa shape index (κ2) is 10.4. The van der Waals surface area contributed by atoms with Crippen molar-refractivity contribution in [3.8, 4) is 0 Å². The summed E-state index contributed by atoms with van der Waals surface area (Å²) < 4.78 is 20.8. The van der Waals surface area contributed by atoms with Crippen molar-refractivity contribution in [1.29, 1.82) is 0 Å². The first-order valence-corrected chi connectivity index (χ1v) is 11.1. The lowest BCUT2D eigenvalue weighted by Crippen LogP contribution is -2.58. The Morgan fingerprint density at radius 3 is 2.21 bits per heavy atom. The number of amides is 2. The molecule has 33 heavy (non-hydrogen) atoms. The van der Waals surface area contributed by atoms with Gasteiger partial charge in [0.25, 0.3) is 0 Å². The third-order valence-corrected chi connectivity index (χ3v) is 5.50. The van der Waals surface area contributed by atoms with Crippen LogP contribution in [0.2, 0.25) is 0 Å². The predicted octanol–water partition coefficient (Wildman–Crippen LogP) is 1.08. The molecular formula is C22H34N2O9. The highest BCUT2D eigenvalue weighted by atomic mass is 16.6. The molecule has 11 nitrogen and oxygen atoms in total. The number of hydrogen-bond donors (Lipinski definition) is 2. The van der Waals surface area contributed by atoms with Crippen LogP contribution in [0.3, 0.4) is 0 Å². The van der Waals surface area contributed by atoms with Gasteiger partial charge in [0.05, 0.1) is 19.1 Å². The summed E-state index contributed by atoms with van der Waals surface area (Å²) >= 11 is 0. The molecule has 2 N–H and O–H groups in total. The lowest BCUT2D eigenvalue weighted by atomic mass is 9.89. The van der Waals surface area contributed by atoms with Crippen molar-refractivity contribution in [2.75, 3.05) is 19.8 Å². The van der Waals surface area contributed by atoms with Crippen LogP contribution in [0.4, 0.5) is 4.79 Å². The van der Waals surface area contributed by atoms with E-state index < -0.39 is 64.9 Å². The first-order valence-electron chi connectivity index (χ1n) is 11.1. The average molecular weight is 471 g/mol. The van der Waals surface area contributed by atoms with Gasteiger partial charge in [-0.3, -0.25) is 14.4 Å². The van der Waals surface area contributed by atoms with E-state index >= 15 is 0 Å². The van der Waals surface area contributed by atoms with Gasteiger partial charge in [0.15, 0.2) is 0 Å². The Morgan fingerprint density at radius 2 is 1.67 bits per heavy atom. The molecule has 0 saturated heterocycles. The number of rotatable bonds is 9. The SMILES string of the molecule is CCOC(=O)[C@H]1C2[C@@H](OC(C)=O)C[C@@](NC(=O)CCNC(=O)OC(C)(C)C)(C(=O)OCC)[C@@H]21. The summed E-state index contributed by atoms with van der Waals surface area (Å²) in [5, 5.41) is 5.20. The van der Waals surface area contributed by atoms with Gasteiger partial charge in [-0.25, -0.2) is 9.59 Å². The molecule has 2 aliphatic carbocycles. The van der Waals surface area contributed by atoms with Crippen molar-refractivity contribution in [2.24, 2.45) is 17.8 Å². The number of esters is 3. The summed E-state index contributed by atoms with van der Waals surface area (Å²) in [5.41, 5.74) is -2.22. The Labute approximate surface area is 193 Å². The van der Waals surface area contributed by atoms with Crippen molar-refractivity contribution >= 4 is 29.9 Å². The minimum absolute atomic E-state index is 0.0120. The Kier molecular flexibility index (Phi) is 8.31. The summed E-state index contributed by atoms with van der Waals surface area (Å²) in [6.45, 7) is 9.88. The van der Waals surface area contributed by atoms with E-state index in [1.54, 1.807) is 34.6 Å². The molecular weight excluding hydrogens is 436 g/mol. The number of fused-ring (bicyclic) bond motifs is 1. The van der Waals surface area contributed by atoms with Crippen LogP contribution < -0.4 is 10.6 Å². The normalized spacial score (nSPS) is 27.6. The predicted molar refractivity (Wildman–Crippen MR) is 114 cm³/mol. The highest BCUT2D eigenvalue weighted by Gasteiger charge is 2.77. The molecule has 0 heterocycles. The molecule has 0 aromatic rings. The van der Waals surface area contributed by atoms with E-state index in [1.165, 1.54) is 6.92 Å². The Morgan fingerprint density at radius 1 is 1.03 bits per heavy atom. The van der Waals surface area contributed by atoms with Crippen molar-refractivity contribution in [1.82, 2.24) is 10.6 Å². The van der Waals surface area contributed by atoms with Gasteiger partial charge in [-0.2, -0.15) is 0 Å². The van der Waals surface area contributed by atoms with E-state index in [-0.39, 0.29) is 32.6 Å². The van der Waals surface area contributed by atoms with E-state index in [2.05, 4.69) is 10.6 Å². The van der Waals surface area contributed by atoms with E-state index in [4.69, 9.17) is 18.9 Å². The second-order valence-electron chi connectivity index (χ2n) is 9.15. The van der Waals surface area contributed by atoms with Gasteiger partial charge in [0.2, 0.25) is 5.91 Å². The molecule has 2 rings (SSSR count). The molecule has 0 radical (unpaired) electrons. The van der Waals surface area contributed by atoms with Gasteiger partial charge in [-0.1, -0.05) is 0 Å². The molecule has 0 aliphatic heterocycles. The number of carbonyl (C=O) groups excluding carboxylic acids is 5. The maximum atomic E-state index is 13.0. The molecule has 1 unspecified atom stereocenters. The lowest BCUT2D eigenvalue weighted by molar-refractivity contribution is -0.159. The van der Waals surface area contributed by atoms with E-state index in [9.17, 15) is 24.0 Å². The van der Waals surface area contributed by atoms with Crippen LogP contribution in [0.15, 0.2) is 0 Å². The zero-order valence-electron chi connectivity index (χ0n) is 20.0. The smallest absolute Gasteiger partial charge is 0.407 e. The number of hydrogen-bond acceptors (Lipinski definition) is 9. The van der Waals surface area contributed by atoms with Crippen LogP contribution in [0.1, 0.15) is 54.4 Å². The summed E-state index contributed by atoms with van der Waals surface area (Å²) in [4.78, 5) is 61.6. The van der Waals surface area contributed by atoms with Crippen LogP contribution in [0.25, 0.3) is 0 Å². The number of nitrogens with one attached hydrogen (secondary N) is 2. The summed E-state index contributed by atoms with van der Waals surface area (Å²) in [6, 6.07) is 0. The topological polar surface area (TPSA) is 146 Å². The molecule has 2 amide bonds. The standard InChI is InChI=1S/C22H34N2O9/c1-7-30-18(27)16-15-13(32-12(3)25)11-22(17(15)16,19(28)31-8-2)24-14(26)9-10-23-20(29)33-21(4,5)6/h13,15-17H,7-11H2,1-6H3,(H,23,29)(H,24,26)/t13-,15?,16-,17-,22-/m0/s1. The molecule has 5 atom stereocenters. The fraction of sp³-hybridized carbons (Fsp3) is 0.773. The quantitative estimate of drug-likeness (QED) is 0.373. The van der Waals surface area contributed by atoms with E-state index in [0.29, 0.717) is 0 Å². The lowest BCUT2D eigenvalue weighted by Gasteiger charge is -2.32. The minimum atomic E-state index is -1.54. The molecule has 2 aliphatic rings. The number of carbonyl (C=O) groups is 5. The molecule has 0 bridgehead atoms. The molecule has 2 saturated carbocycles. The van der Waals surface area contributed by atoms with E-state index in [0.717, 1.165) is 0 Å². The average Bonchev–Trinajstić information content (AvgIpc) is 3.34. The monoisotopic (exact) mass is 470 g/mol. The Hall–Kier alpha value is -2.85. The van der Waals surface area contributed by atoms with Crippen LogP contribution >= 0.6 is 0 Å². The summed E-state index contributed by atoms with van der Waals surface area (Å²) in [7, 11) is 0. The van der Waals surface area contributed by atoms with Gasteiger partial charge in [0.1, 0.15) is 17.2 Å². The minimum Gasteiger partial charge on any atom is -0.466 e. The maximum absolute atomic E-state index is 13.0. The molecule has 0 spiro atoms. The molecule has 2 fully saturated rings. The van der Waals surface area contributed by atoms with Crippen molar-refractivity contribution in [3.63, 3.8) is 0 Å². The maximum Gasteiger partial charge on any atom is 0.407 e. The fourth-order valence-electron chi connectivity index (χ4n) is 4.47. The Balaban J connectivity index is 2.15. The first kappa shape index (κ1) is 26.4. The molecule has 0 aromatic heterocycles. The Bertz CT molecular complexity index is 791. The van der Waals surface area contributed by atoms with Gasteiger partial charge in [0, 0.05) is 38.1 Å². The van der Waals surface area contributed by atoms with Gasteiger partial charge < -0.3 is 29.6 Å². The fourth-order valence-corrected chi connectivity index (χ4v) is 4.47. The number of ether oxygens (including phenoxy) is 4. The van der Waals surface area contributed by atoms with Crippen LogP contribution in [0, 0.1) is 17.8 Å². The van der Waals surface area contributed by atoms with Gasteiger partial charge >= 0.3 is 24.0 Å². The van der Waals surface area contributed by atoms with Crippen molar-refractivity contribution < 1.29 is 42.9 Å². The second-order valence-corrected chi connectivity index (χ2v) is 9.15. The highest BCUT2D eigenvalue weighted by molar-refractivity contribution is 5.92. The number of alkyl carbamates (subject to hydrolysis) is 1.